The minimum absolute atomic E-state index is 0.0876. The summed E-state index contributed by atoms with van der Waals surface area (Å²) >= 11 is 1.14. The van der Waals surface area contributed by atoms with Crippen molar-refractivity contribution in [1.82, 2.24) is 19.9 Å². The number of fused-ring (bicyclic) bond motifs is 2. The molecule has 2 heterocycles. The number of imidazole rings is 1. The predicted molar refractivity (Wildman–Crippen MR) is 116 cm³/mol. The number of amides is 1. The van der Waals surface area contributed by atoms with Crippen LogP contribution in [0.25, 0.3) is 21.3 Å². The van der Waals surface area contributed by atoms with Crippen molar-refractivity contribution in [3.8, 4) is 5.75 Å². The molecular weight excluding hydrogens is 463 g/mol. The zero-order chi connectivity index (χ0) is 23.8. The number of aryl methyl sites for hydroxylation is 1. The fourth-order valence-electron chi connectivity index (χ4n) is 3.08. The van der Waals surface area contributed by atoms with Crippen molar-refractivity contribution >= 4 is 49.6 Å². The average molecular weight is 481 g/mol. The second kappa shape index (κ2) is 8.84. The molecule has 0 aliphatic carbocycles. The van der Waals surface area contributed by atoms with E-state index in [1.54, 1.807) is 29.8 Å². The number of thiazole rings is 1. The Morgan fingerprint density at radius 2 is 2.00 bits per heavy atom. The van der Waals surface area contributed by atoms with Gasteiger partial charge < -0.3 is 30.2 Å². The smallest absolute Gasteiger partial charge is 0.406 e. The topological polar surface area (TPSA) is 122 Å². The van der Waals surface area contributed by atoms with E-state index in [-0.39, 0.29) is 12.3 Å². The van der Waals surface area contributed by atoms with Crippen LogP contribution in [0.15, 0.2) is 36.4 Å². The summed E-state index contributed by atoms with van der Waals surface area (Å²) in [5, 5.41) is 24.2. The molecule has 9 nitrogen and oxygen atoms in total. The highest BCUT2D eigenvalue weighted by molar-refractivity contribution is 7.22. The number of nitrogens with one attached hydrogen (secondary N) is 2. The summed E-state index contributed by atoms with van der Waals surface area (Å²) < 4.78 is 43.5. The molecule has 4 rings (SSSR count). The van der Waals surface area contributed by atoms with Crippen molar-refractivity contribution in [2.75, 3.05) is 18.5 Å². The van der Waals surface area contributed by atoms with Gasteiger partial charge >= 0.3 is 6.36 Å². The molecule has 0 saturated heterocycles. The number of carbonyl (C=O) groups is 1. The molecule has 0 radical (unpaired) electrons. The van der Waals surface area contributed by atoms with Crippen LogP contribution in [0.1, 0.15) is 10.4 Å². The van der Waals surface area contributed by atoms with E-state index in [9.17, 15) is 23.1 Å². The Balaban J connectivity index is 1.55. The third-order valence-corrected chi connectivity index (χ3v) is 5.60. The number of aliphatic hydroxyl groups excluding tert-OH is 2. The van der Waals surface area contributed by atoms with Gasteiger partial charge in [-0.05, 0) is 30.3 Å². The standard InChI is InChI=1S/C20H18F3N5O4S/c1-28-15-5-2-10(17(31)24-8-11(30)9-29)6-14(15)25-18(28)27-19-26-13-4-3-12(7-16(13)33-19)32-20(21,22)23/h2-7,11,29-30H,8-9H2,1H3,(H,24,31)(H,25,26,27)/t11-/m1/s1. The van der Waals surface area contributed by atoms with E-state index >= 15 is 0 Å². The first-order valence-electron chi connectivity index (χ1n) is 9.60. The maximum absolute atomic E-state index is 12.4. The number of hydrogen-bond acceptors (Lipinski definition) is 8. The molecule has 1 amide bonds. The largest absolute Gasteiger partial charge is 0.573 e. The van der Waals surface area contributed by atoms with Crippen LogP contribution in [0, 0.1) is 0 Å². The Bertz CT molecular complexity index is 1320. The molecule has 0 saturated carbocycles. The number of ether oxygens (including phenoxy) is 1. The zero-order valence-corrected chi connectivity index (χ0v) is 17.9. The van der Waals surface area contributed by atoms with Gasteiger partial charge in [-0.1, -0.05) is 11.3 Å². The molecule has 4 aromatic rings. The highest BCUT2D eigenvalue weighted by Gasteiger charge is 2.31. The Kier molecular flexibility index (Phi) is 6.10. The Labute approximate surface area is 188 Å². The summed E-state index contributed by atoms with van der Waals surface area (Å²) in [5.41, 5.74) is 2.08. The first-order chi connectivity index (χ1) is 15.6. The van der Waals surface area contributed by atoms with Gasteiger partial charge in [-0.15, -0.1) is 13.2 Å². The van der Waals surface area contributed by atoms with Crippen LogP contribution in [-0.2, 0) is 7.05 Å². The molecule has 0 aliphatic rings. The van der Waals surface area contributed by atoms with Crippen molar-refractivity contribution in [2.45, 2.75) is 12.5 Å². The molecular formula is C20H18F3N5O4S. The highest BCUT2D eigenvalue weighted by Crippen LogP contribution is 2.33. The predicted octanol–water partition coefficient (Wildman–Crippen LogP) is 2.91. The first kappa shape index (κ1) is 22.8. The normalized spacial score (nSPS) is 12.8. The maximum atomic E-state index is 12.4. The van der Waals surface area contributed by atoms with E-state index in [0.29, 0.717) is 32.4 Å². The number of rotatable bonds is 7. The highest BCUT2D eigenvalue weighted by atomic mass is 32.1. The summed E-state index contributed by atoms with van der Waals surface area (Å²) in [7, 11) is 1.76. The third kappa shape index (κ3) is 5.16. The van der Waals surface area contributed by atoms with Gasteiger partial charge in [0.1, 0.15) is 5.75 Å². The number of anilines is 2. The van der Waals surface area contributed by atoms with Gasteiger partial charge in [-0.3, -0.25) is 4.79 Å². The fourth-order valence-corrected chi connectivity index (χ4v) is 3.97. The van der Waals surface area contributed by atoms with Gasteiger partial charge in [-0.25, -0.2) is 9.97 Å². The number of aliphatic hydroxyl groups is 2. The van der Waals surface area contributed by atoms with Crippen molar-refractivity contribution in [2.24, 2.45) is 7.05 Å². The summed E-state index contributed by atoms with van der Waals surface area (Å²) in [6, 6.07) is 8.80. The van der Waals surface area contributed by atoms with Crippen LogP contribution in [0.4, 0.5) is 24.3 Å². The van der Waals surface area contributed by atoms with Gasteiger partial charge in [0.2, 0.25) is 5.95 Å². The molecule has 4 N–H and O–H groups in total. The van der Waals surface area contributed by atoms with Crippen LogP contribution < -0.4 is 15.4 Å². The average Bonchev–Trinajstić information content (AvgIpc) is 3.30. The lowest BCUT2D eigenvalue weighted by atomic mass is 10.2. The Hall–Kier alpha value is -3.42. The molecule has 1 atom stereocenters. The van der Waals surface area contributed by atoms with Gasteiger partial charge in [0.25, 0.3) is 5.91 Å². The number of carbonyl (C=O) groups excluding carboxylic acids is 1. The molecule has 0 aliphatic heterocycles. The lowest BCUT2D eigenvalue weighted by Crippen LogP contribution is -2.33. The van der Waals surface area contributed by atoms with Gasteiger partial charge in [0.05, 0.1) is 34.0 Å². The van der Waals surface area contributed by atoms with Crippen molar-refractivity contribution < 1.29 is 32.9 Å². The van der Waals surface area contributed by atoms with E-state index in [1.165, 1.54) is 18.2 Å². The number of hydrogen-bond donors (Lipinski definition) is 4. The molecule has 2 aromatic carbocycles. The molecule has 174 valence electrons. The van der Waals surface area contributed by atoms with Crippen LogP contribution >= 0.6 is 11.3 Å². The maximum Gasteiger partial charge on any atom is 0.573 e. The third-order valence-electron chi connectivity index (χ3n) is 4.66. The molecule has 0 bridgehead atoms. The van der Waals surface area contributed by atoms with Crippen LogP contribution in [0.2, 0.25) is 0 Å². The monoisotopic (exact) mass is 481 g/mol. The summed E-state index contributed by atoms with van der Waals surface area (Å²) in [6.07, 6.45) is -5.82. The summed E-state index contributed by atoms with van der Waals surface area (Å²) in [4.78, 5) is 21.1. The lowest BCUT2D eigenvalue weighted by Gasteiger charge is -2.08. The van der Waals surface area contributed by atoms with E-state index in [2.05, 4.69) is 25.3 Å². The molecule has 0 spiro atoms. The lowest BCUT2D eigenvalue weighted by molar-refractivity contribution is -0.274. The van der Waals surface area contributed by atoms with E-state index in [4.69, 9.17) is 5.11 Å². The molecule has 13 heteroatoms. The fraction of sp³-hybridized carbons (Fsp3) is 0.250. The van der Waals surface area contributed by atoms with Crippen molar-refractivity contribution in [3.05, 3.63) is 42.0 Å². The van der Waals surface area contributed by atoms with E-state index in [0.717, 1.165) is 16.9 Å². The first-order valence-corrected chi connectivity index (χ1v) is 10.4. The number of benzene rings is 2. The summed E-state index contributed by atoms with van der Waals surface area (Å²) in [5.74, 6) is -0.332. The number of nitrogens with zero attached hydrogens (tertiary/aromatic N) is 3. The second-order valence-electron chi connectivity index (χ2n) is 7.07. The Morgan fingerprint density at radius 3 is 2.73 bits per heavy atom. The van der Waals surface area contributed by atoms with Gasteiger partial charge in [0, 0.05) is 25.2 Å². The second-order valence-corrected chi connectivity index (χ2v) is 8.10. The van der Waals surface area contributed by atoms with Crippen molar-refractivity contribution in [1.29, 1.82) is 0 Å². The molecule has 33 heavy (non-hydrogen) atoms. The van der Waals surface area contributed by atoms with Crippen LogP contribution in [-0.4, -0.2) is 56.3 Å². The van der Waals surface area contributed by atoms with Gasteiger partial charge in [-0.2, -0.15) is 0 Å². The molecule has 0 unspecified atom stereocenters. The SMILES string of the molecule is Cn1c(Nc2nc3ccc(OC(F)(F)F)cc3s2)nc2cc(C(=O)NC[C@@H](O)CO)ccc21. The quantitative estimate of drug-likeness (QED) is 0.320. The number of halogens is 3. The van der Waals surface area contributed by atoms with Crippen LogP contribution in [0.3, 0.4) is 0 Å². The van der Waals surface area contributed by atoms with Crippen LogP contribution in [0.5, 0.6) is 5.75 Å². The zero-order valence-electron chi connectivity index (χ0n) is 17.1. The minimum atomic E-state index is -4.78. The van der Waals surface area contributed by atoms with Crippen molar-refractivity contribution in [3.63, 3.8) is 0 Å². The van der Waals surface area contributed by atoms with Gasteiger partial charge in [0.15, 0.2) is 5.13 Å². The minimum Gasteiger partial charge on any atom is -0.406 e. The number of aromatic nitrogens is 3. The van der Waals surface area contributed by atoms with E-state index in [1.807, 2.05) is 0 Å². The Morgan fingerprint density at radius 1 is 1.21 bits per heavy atom. The molecule has 0 fully saturated rings. The summed E-state index contributed by atoms with van der Waals surface area (Å²) in [6.45, 7) is -0.549. The number of alkyl halides is 3. The van der Waals surface area contributed by atoms with E-state index < -0.39 is 25.0 Å². The molecule has 2 aromatic heterocycles.